The van der Waals surface area contributed by atoms with Crippen LogP contribution in [0, 0.1) is 13.8 Å². The molecule has 0 atom stereocenters. The van der Waals surface area contributed by atoms with Crippen LogP contribution in [-0.2, 0) is 6.54 Å². The number of thiophene rings is 1. The Balaban J connectivity index is 1.62. The topological polar surface area (TPSA) is 52.2 Å². The molecule has 5 rings (SSSR count). The van der Waals surface area contributed by atoms with Crippen LogP contribution in [0.25, 0.3) is 27.0 Å². The molecule has 0 aliphatic heterocycles. The highest BCUT2D eigenvalue weighted by atomic mass is 32.1. The summed E-state index contributed by atoms with van der Waals surface area (Å²) in [4.78, 5) is 23.1. The van der Waals surface area contributed by atoms with E-state index in [1.807, 2.05) is 40.4 Å². The van der Waals surface area contributed by atoms with Crippen molar-refractivity contribution in [2.75, 3.05) is 0 Å². The molecule has 4 aromatic heterocycles. The lowest BCUT2D eigenvalue weighted by Crippen LogP contribution is -2.21. The van der Waals surface area contributed by atoms with E-state index in [9.17, 15) is 4.79 Å². The number of fused-ring (bicyclic) bond motifs is 2. The summed E-state index contributed by atoms with van der Waals surface area (Å²) in [6, 6.07) is 12.2. The molecule has 0 unspecified atom stereocenters. The van der Waals surface area contributed by atoms with E-state index in [0.29, 0.717) is 11.9 Å². The van der Waals surface area contributed by atoms with E-state index in [0.717, 1.165) is 27.3 Å². The van der Waals surface area contributed by atoms with Gasteiger partial charge >= 0.3 is 0 Å². The molecule has 4 heterocycles. The van der Waals surface area contributed by atoms with Gasteiger partial charge in [0, 0.05) is 23.3 Å². The van der Waals surface area contributed by atoms with Gasteiger partial charge in [-0.3, -0.25) is 9.36 Å². The Bertz CT molecular complexity index is 1360. The van der Waals surface area contributed by atoms with E-state index in [-0.39, 0.29) is 5.56 Å². The van der Waals surface area contributed by atoms with Gasteiger partial charge in [-0.05, 0) is 42.7 Å². The zero-order chi connectivity index (χ0) is 19.3. The molecule has 0 N–H and O–H groups in total. The minimum Gasteiger partial charge on any atom is -0.307 e. The van der Waals surface area contributed by atoms with Gasteiger partial charge in [0.05, 0.1) is 24.0 Å². The average molecular weight is 386 g/mol. The molecule has 28 heavy (non-hydrogen) atoms. The van der Waals surface area contributed by atoms with E-state index >= 15 is 0 Å². The Hall–Kier alpha value is -3.25. The highest BCUT2D eigenvalue weighted by Crippen LogP contribution is 2.31. The first-order valence-electron chi connectivity index (χ1n) is 9.07. The molecule has 6 heteroatoms. The van der Waals surface area contributed by atoms with Crippen LogP contribution in [-0.4, -0.2) is 18.9 Å². The quantitative estimate of drug-likeness (QED) is 0.461. The lowest BCUT2D eigenvalue weighted by atomic mass is 10.0. The SMILES string of the molecule is Cc1ccc(-c2csc3ncn(Cc4cn5ccccc5n4)c(=O)c23)cc1C. The second-order valence-electron chi connectivity index (χ2n) is 7.00. The predicted octanol–water partition coefficient (Wildman–Crippen LogP) is 4.44. The summed E-state index contributed by atoms with van der Waals surface area (Å²) in [5.74, 6) is 0. The molecule has 0 aliphatic carbocycles. The Morgan fingerprint density at radius 1 is 1.11 bits per heavy atom. The first-order chi connectivity index (χ1) is 13.6. The van der Waals surface area contributed by atoms with Crippen LogP contribution in [0.5, 0.6) is 0 Å². The second kappa shape index (κ2) is 6.42. The highest BCUT2D eigenvalue weighted by molar-refractivity contribution is 7.17. The molecule has 0 amide bonds. The fraction of sp³-hybridized carbons (Fsp3) is 0.136. The molecule has 0 saturated carbocycles. The van der Waals surface area contributed by atoms with Crippen LogP contribution in [0.1, 0.15) is 16.8 Å². The molecular weight excluding hydrogens is 368 g/mol. The molecule has 0 saturated heterocycles. The van der Waals surface area contributed by atoms with Crippen molar-refractivity contribution in [2.24, 2.45) is 0 Å². The van der Waals surface area contributed by atoms with Gasteiger partial charge in [-0.2, -0.15) is 0 Å². The first kappa shape index (κ1) is 16.9. The van der Waals surface area contributed by atoms with Crippen LogP contribution >= 0.6 is 11.3 Å². The van der Waals surface area contributed by atoms with Crippen molar-refractivity contribution in [3.8, 4) is 11.1 Å². The fourth-order valence-corrected chi connectivity index (χ4v) is 4.35. The van der Waals surface area contributed by atoms with Crippen molar-refractivity contribution in [1.82, 2.24) is 18.9 Å². The highest BCUT2D eigenvalue weighted by Gasteiger charge is 2.14. The van der Waals surface area contributed by atoms with E-state index < -0.39 is 0 Å². The summed E-state index contributed by atoms with van der Waals surface area (Å²) in [7, 11) is 0. The lowest BCUT2D eigenvalue weighted by Gasteiger charge is -2.06. The number of aromatic nitrogens is 4. The van der Waals surface area contributed by atoms with Crippen molar-refractivity contribution >= 4 is 27.2 Å². The van der Waals surface area contributed by atoms with Gasteiger partial charge in [0.2, 0.25) is 0 Å². The summed E-state index contributed by atoms with van der Waals surface area (Å²) in [5.41, 5.74) is 6.13. The van der Waals surface area contributed by atoms with E-state index in [1.54, 1.807) is 10.9 Å². The van der Waals surface area contributed by atoms with Crippen LogP contribution < -0.4 is 5.56 Å². The zero-order valence-electron chi connectivity index (χ0n) is 15.6. The third-order valence-electron chi connectivity index (χ3n) is 5.12. The smallest absolute Gasteiger partial charge is 0.263 e. The summed E-state index contributed by atoms with van der Waals surface area (Å²) in [6.45, 7) is 4.58. The number of rotatable bonds is 3. The van der Waals surface area contributed by atoms with Gasteiger partial charge in [0.1, 0.15) is 10.5 Å². The zero-order valence-corrected chi connectivity index (χ0v) is 16.4. The maximum absolute atomic E-state index is 13.3. The third-order valence-corrected chi connectivity index (χ3v) is 6.01. The van der Waals surface area contributed by atoms with Crippen molar-refractivity contribution < 1.29 is 0 Å². The molecule has 138 valence electrons. The van der Waals surface area contributed by atoms with Crippen molar-refractivity contribution in [1.29, 1.82) is 0 Å². The summed E-state index contributed by atoms with van der Waals surface area (Å²) in [6.07, 6.45) is 5.52. The van der Waals surface area contributed by atoms with E-state index in [4.69, 9.17) is 0 Å². The molecule has 0 bridgehead atoms. The van der Waals surface area contributed by atoms with Crippen LogP contribution in [0.4, 0.5) is 0 Å². The lowest BCUT2D eigenvalue weighted by molar-refractivity contribution is 0.735. The summed E-state index contributed by atoms with van der Waals surface area (Å²) < 4.78 is 3.60. The van der Waals surface area contributed by atoms with Gasteiger partial charge in [-0.25, -0.2) is 9.97 Å². The fourth-order valence-electron chi connectivity index (χ4n) is 3.44. The number of hydrogen-bond donors (Lipinski definition) is 0. The van der Waals surface area contributed by atoms with E-state index in [1.165, 1.54) is 22.5 Å². The molecule has 0 radical (unpaired) electrons. The number of benzene rings is 1. The summed E-state index contributed by atoms with van der Waals surface area (Å²) in [5, 5.41) is 2.71. The number of imidazole rings is 1. The third kappa shape index (κ3) is 2.73. The van der Waals surface area contributed by atoms with Crippen molar-refractivity contribution in [3.63, 3.8) is 0 Å². The maximum Gasteiger partial charge on any atom is 0.263 e. The largest absolute Gasteiger partial charge is 0.307 e. The number of aryl methyl sites for hydroxylation is 2. The monoisotopic (exact) mass is 386 g/mol. The number of nitrogens with zero attached hydrogens (tertiary/aromatic N) is 4. The van der Waals surface area contributed by atoms with Gasteiger partial charge in [0.25, 0.3) is 5.56 Å². The Morgan fingerprint density at radius 3 is 2.82 bits per heavy atom. The van der Waals surface area contributed by atoms with Gasteiger partial charge in [-0.15, -0.1) is 11.3 Å². The van der Waals surface area contributed by atoms with Gasteiger partial charge in [-0.1, -0.05) is 24.3 Å². The molecular formula is C22H18N4OS. The molecule has 1 aromatic carbocycles. The molecule has 0 fully saturated rings. The maximum atomic E-state index is 13.3. The Kier molecular flexibility index (Phi) is 3.87. The Labute approximate surface area is 165 Å². The normalized spacial score (nSPS) is 11.5. The molecule has 5 aromatic rings. The van der Waals surface area contributed by atoms with Gasteiger partial charge < -0.3 is 4.40 Å². The van der Waals surface area contributed by atoms with Crippen LogP contribution in [0.2, 0.25) is 0 Å². The molecule has 0 aliphatic rings. The molecule has 5 nitrogen and oxygen atoms in total. The number of pyridine rings is 1. The number of hydrogen-bond acceptors (Lipinski definition) is 4. The van der Waals surface area contributed by atoms with Crippen LogP contribution in [0.15, 0.2) is 65.3 Å². The minimum atomic E-state index is -0.0310. The van der Waals surface area contributed by atoms with Gasteiger partial charge in [0.15, 0.2) is 0 Å². The average Bonchev–Trinajstić information content (AvgIpc) is 3.30. The van der Waals surface area contributed by atoms with E-state index in [2.05, 4.69) is 42.0 Å². The van der Waals surface area contributed by atoms with Crippen molar-refractivity contribution in [3.05, 3.63) is 87.7 Å². The van der Waals surface area contributed by atoms with Crippen LogP contribution in [0.3, 0.4) is 0 Å². The first-order valence-corrected chi connectivity index (χ1v) is 9.95. The molecule has 0 spiro atoms. The Morgan fingerprint density at radius 2 is 2.00 bits per heavy atom. The second-order valence-corrected chi connectivity index (χ2v) is 7.86. The standard InChI is InChI=1S/C22H18N4OS/c1-14-6-7-16(9-15(14)2)18-12-28-21-20(18)22(27)26(13-23-21)11-17-10-25-8-4-3-5-19(25)24-17/h3-10,12-13H,11H2,1-2H3. The summed E-state index contributed by atoms with van der Waals surface area (Å²) >= 11 is 1.51. The predicted molar refractivity (Wildman–Crippen MR) is 113 cm³/mol. The minimum absolute atomic E-state index is 0.0310. The van der Waals surface area contributed by atoms with Crippen molar-refractivity contribution in [2.45, 2.75) is 20.4 Å².